The SMILES string of the molecule is O=C(NCc1ccccc1)c1ccc(C2CC2NCc2ccccc2Oc2cnccn2)cc1. The summed E-state index contributed by atoms with van der Waals surface area (Å²) < 4.78 is 5.91. The molecule has 1 aromatic heterocycles. The molecule has 1 fully saturated rings. The first kappa shape index (κ1) is 21.8. The summed E-state index contributed by atoms with van der Waals surface area (Å²) in [5, 5.41) is 6.61. The number of carbonyl (C=O) groups excluding carboxylic acids is 1. The maximum absolute atomic E-state index is 12.5. The molecule has 5 rings (SSSR count). The Morgan fingerprint density at radius 2 is 1.71 bits per heavy atom. The molecule has 0 spiro atoms. The van der Waals surface area contributed by atoms with Crippen molar-refractivity contribution in [3.63, 3.8) is 0 Å². The van der Waals surface area contributed by atoms with E-state index in [1.807, 2.05) is 60.7 Å². The lowest BCUT2D eigenvalue weighted by Gasteiger charge is -2.11. The molecule has 0 bridgehead atoms. The number of aromatic nitrogens is 2. The predicted octanol–water partition coefficient (Wildman–Crippen LogP) is 4.84. The third-order valence-corrected chi connectivity index (χ3v) is 5.97. The molecule has 6 nitrogen and oxygen atoms in total. The second-order valence-corrected chi connectivity index (χ2v) is 8.37. The van der Waals surface area contributed by atoms with Gasteiger partial charge in [0.1, 0.15) is 5.75 Å². The highest BCUT2D eigenvalue weighted by Crippen LogP contribution is 2.41. The monoisotopic (exact) mass is 450 g/mol. The number of hydrogen-bond acceptors (Lipinski definition) is 5. The highest BCUT2D eigenvalue weighted by molar-refractivity contribution is 5.94. The van der Waals surface area contributed by atoms with E-state index in [2.05, 4.69) is 38.8 Å². The number of hydrogen-bond donors (Lipinski definition) is 2. The van der Waals surface area contributed by atoms with Crippen LogP contribution in [0, 0.1) is 0 Å². The van der Waals surface area contributed by atoms with Crippen LogP contribution in [0.1, 0.15) is 39.4 Å². The van der Waals surface area contributed by atoms with E-state index in [1.165, 1.54) is 5.56 Å². The summed E-state index contributed by atoms with van der Waals surface area (Å²) in [6.07, 6.45) is 5.92. The van der Waals surface area contributed by atoms with Crippen molar-refractivity contribution < 1.29 is 9.53 Å². The number of para-hydroxylation sites is 1. The summed E-state index contributed by atoms with van der Waals surface area (Å²) >= 11 is 0. The molecule has 0 aliphatic heterocycles. The lowest BCUT2D eigenvalue weighted by molar-refractivity contribution is 0.0951. The number of rotatable bonds is 9. The van der Waals surface area contributed by atoms with Gasteiger partial charge in [0.15, 0.2) is 0 Å². The average molecular weight is 451 g/mol. The van der Waals surface area contributed by atoms with Crippen LogP contribution in [0.25, 0.3) is 0 Å². The standard InChI is InChI=1S/C28H26N4O2/c33-28(32-17-20-6-2-1-3-7-20)22-12-10-21(11-13-22)24-16-25(24)31-18-23-8-4-5-9-26(23)34-27-19-29-14-15-30-27/h1-15,19,24-25,31H,16-18H2,(H,32,33). The average Bonchev–Trinajstić information content (AvgIpc) is 3.68. The zero-order valence-electron chi connectivity index (χ0n) is 18.7. The van der Waals surface area contributed by atoms with Crippen molar-refractivity contribution in [3.05, 3.63) is 120 Å². The van der Waals surface area contributed by atoms with E-state index in [0.29, 0.717) is 36.5 Å². The largest absolute Gasteiger partial charge is 0.437 e. The van der Waals surface area contributed by atoms with Gasteiger partial charge in [0.25, 0.3) is 5.91 Å². The first-order valence-corrected chi connectivity index (χ1v) is 11.4. The van der Waals surface area contributed by atoms with Crippen LogP contribution < -0.4 is 15.4 Å². The summed E-state index contributed by atoms with van der Waals surface area (Å²) in [7, 11) is 0. The van der Waals surface area contributed by atoms with Crippen LogP contribution >= 0.6 is 0 Å². The summed E-state index contributed by atoms with van der Waals surface area (Å²) in [5.74, 6) is 1.65. The molecule has 1 aliphatic rings. The van der Waals surface area contributed by atoms with Crippen LogP contribution in [0.2, 0.25) is 0 Å². The molecule has 1 aliphatic carbocycles. The van der Waals surface area contributed by atoms with Crippen molar-refractivity contribution in [2.45, 2.75) is 31.5 Å². The zero-order valence-corrected chi connectivity index (χ0v) is 18.7. The Labute approximate surface area is 199 Å². The minimum Gasteiger partial charge on any atom is -0.437 e. The van der Waals surface area contributed by atoms with Crippen molar-refractivity contribution in [2.75, 3.05) is 0 Å². The van der Waals surface area contributed by atoms with Gasteiger partial charge in [-0.15, -0.1) is 0 Å². The molecule has 1 heterocycles. The van der Waals surface area contributed by atoms with Crippen LogP contribution in [-0.2, 0) is 13.1 Å². The molecule has 4 aromatic rings. The second kappa shape index (κ2) is 10.3. The Bertz CT molecular complexity index is 1230. The van der Waals surface area contributed by atoms with Gasteiger partial charge in [-0.2, -0.15) is 0 Å². The Morgan fingerprint density at radius 1 is 0.912 bits per heavy atom. The van der Waals surface area contributed by atoms with Gasteiger partial charge in [-0.25, -0.2) is 4.98 Å². The van der Waals surface area contributed by atoms with Crippen LogP contribution in [0.3, 0.4) is 0 Å². The number of nitrogens with one attached hydrogen (secondary N) is 2. The summed E-state index contributed by atoms with van der Waals surface area (Å²) in [4.78, 5) is 20.7. The fourth-order valence-electron chi connectivity index (χ4n) is 3.99. The summed E-state index contributed by atoms with van der Waals surface area (Å²) in [6, 6.07) is 26.2. The van der Waals surface area contributed by atoms with Gasteiger partial charge in [-0.1, -0.05) is 60.7 Å². The molecule has 34 heavy (non-hydrogen) atoms. The minimum atomic E-state index is -0.0550. The predicted molar refractivity (Wildman–Crippen MR) is 131 cm³/mol. The lowest BCUT2D eigenvalue weighted by atomic mass is 10.1. The van der Waals surface area contributed by atoms with Gasteiger partial charge < -0.3 is 15.4 Å². The Kier molecular flexibility index (Phi) is 6.59. The van der Waals surface area contributed by atoms with E-state index in [1.54, 1.807) is 18.6 Å². The van der Waals surface area contributed by atoms with Crippen molar-refractivity contribution >= 4 is 5.91 Å². The molecule has 0 saturated heterocycles. The number of ether oxygens (including phenoxy) is 1. The lowest BCUT2D eigenvalue weighted by Crippen LogP contribution is -2.22. The number of amides is 1. The van der Waals surface area contributed by atoms with E-state index in [4.69, 9.17) is 4.74 Å². The summed E-state index contributed by atoms with van der Waals surface area (Å²) in [5.41, 5.74) is 4.09. The van der Waals surface area contributed by atoms with E-state index in [0.717, 1.165) is 23.3 Å². The molecule has 1 saturated carbocycles. The van der Waals surface area contributed by atoms with Crippen LogP contribution in [0.5, 0.6) is 11.6 Å². The molecule has 1 amide bonds. The van der Waals surface area contributed by atoms with Gasteiger partial charge in [-0.3, -0.25) is 9.78 Å². The molecule has 170 valence electrons. The minimum absolute atomic E-state index is 0.0550. The van der Waals surface area contributed by atoms with Crippen molar-refractivity contribution in [1.29, 1.82) is 0 Å². The first-order chi connectivity index (χ1) is 16.8. The Balaban J connectivity index is 1.13. The van der Waals surface area contributed by atoms with Crippen LogP contribution in [0.4, 0.5) is 0 Å². The third kappa shape index (κ3) is 5.47. The quantitative estimate of drug-likeness (QED) is 0.381. The second-order valence-electron chi connectivity index (χ2n) is 8.37. The molecule has 2 atom stereocenters. The fourth-order valence-corrected chi connectivity index (χ4v) is 3.99. The normalized spacial score (nSPS) is 16.6. The van der Waals surface area contributed by atoms with Crippen molar-refractivity contribution in [3.8, 4) is 11.6 Å². The maximum Gasteiger partial charge on any atom is 0.251 e. The highest BCUT2D eigenvalue weighted by Gasteiger charge is 2.37. The van der Waals surface area contributed by atoms with E-state index in [-0.39, 0.29) is 5.91 Å². The van der Waals surface area contributed by atoms with Crippen molar-refractivity contribution in [2.24, 2.45) is 0 Å². The van der Waals surface area contributed by atoms with Crippen LogP contribution in [-0.4, -0.2) is 21.9 Å². The third-order valence-electron chi connectivity index (χ3n) is 5.97. The Morgan fingerprint density at radius 3 is 2.50 bits per heavy atom. The van der Waals surface area contributed by atoms with E-state index < -0.39 is 0 Å². The van der Waals surface area contributed by atoms with Crippen molar-refractivity contribution in [1.82, 2.24) is 20.6 Å². The van der Waals surface area contributed by atoms with E-state index >= 15 is 0 Å². The molecule has 6 heteroatoms. The topological polar surface area (TPSA) is 76.1 Å². The Hall–Kier alpha value is -4.03. The molecular weight excluding hydrogens is 424 g/mol. The molecule has 0 radical (unpaired) electrons. The molecule has 2 N–H and O–H groups in total. The van der Waals surface area contributed by atoms with E-state index in [9.17, 15) is 4.79 Å². The molecular formula is C28H26N4O2. The molecule has 3 aromatic carbocycles. The number of benzene rings is 3. The molecule has 2 unspecified atom stereocenters. The number of nitrogens with zero attached hydrogens (tertiary/aromatic N) is 2. The number of carbonyl (C=O) groups is 1. The highest BCUT2D eigenvalue weighted by atomic mass is 16.5. The van der Waals surface area contributed by atoms with Gasteiger partial charge >= 0.3 is 0 Å². The smallest absolute Gasteiger partial charge is 0.251 e. The fraction of sp³-hybridized carbons (Fsp3) is 0.179. The van der Waals surface area contributed by atoms with Gasteiger partial charge in [-0.05, 0) is 35.7 Å². The van der Waals surface area contributed by atoms with Gasteiger partial charge in [0.05, 0.1) is 6.20 Å². The van der Waals surface area contributed by atoms with Gasteiger partial charge in [0, 0.05) is 48.6 Å². The van der Waals surface area contributed by atoms with Gasteiger partial charge in [0.2, 0.25) is 5.88 Å². The maximum atomic E-state index is 12.5. The summed E-state index contributed by atoms with van der Waals surface area (Å²) in [6.45, 7) is 1.23. The zero-order chi connectivity index (χ0) is 23.2. The van der Waals surface area contributed by atoms with Crippen LogP contribution in [0.15, 0.2) is 97.5 Å². The first-order valence-electron chi connectivity index (χ1n) is 11.4.